The van der Waals surface area contributed by atoms with E-state index in [9.17, 15) is 24.0 Å². The molecule has 2 unspecified atom stereocenters. The smallest absolute Gasteiger partial charge is 0.272 e. The Hall–Kier alpha value is -4.89. The molecule has 3 aromatic rings. The van der Waals surface area contributed by atoms with Crippen LogP contribution in [0.15, 0.2) is 36.8 Å². The summed E-state index contributed by atoms with van der Waals surface area (Å²) >= 11 is 0. The Morgan fingerprint density at radius 3 is 1.60 bits per heavy atom. The molecule has 48 heavy (non-hydrogen) atoms. The van der Waals surface area contributed by atoms with Gasteiger partial charge in [0.25, 0.3) is 17.7 Å². The maximum absolute atomic E-state index is 13.2. The van der Waals surface area contributed by atoms with Gasteiger partial charge in [-0.25, -0.2) is 5.48 Å². The maximum atomic E-state index is 13.2. The molecule has 3 heterocycles. The Kier molecular flexibility index (Phi) is 12.2. The van der Waals surface area contributed by atoms with Crippen LogP contribution in [0.25, 0.3) is 0 Å². The van der Waals surface area contributed by atoms with E-state index in [-0.39, 0.29) is 36.5 Å². The van der Waals surface area contributed by atoms with Crippen molar-refractivity contribution in [1.82, 2.24) is 29.4 Å². The van der Waals surface area contributed by atoms with E-state index in [0.29, 0.717) is 40.7 Å². The first kappa shape index (κ1) is 36.0. The van der Waals surface area contributed by atoms with Crippen LogP contribution in [-0.4, -0.2) is 80.5 Å². The molecule has 15 heteroatoms. The van der Waals surface area contributed by atoms with E-state index in [0.717, 1.165) is 38.6 Å². The minimum absolute atomic E-state index is 0.0197. The highest BCUT2D eigenvalue weighted by molar-refractivity contribution is 6.07. The molecular weight excluding hydrogens is 618 g/mol. The van der Waals surface area contributed by atoms with E-state index in [2.05, 4.69) is 21.3 Å². The number of hydrogen-bond acceptors (Lipinski definition) is 7. The van der Waals surface area contributed by atoms with Gasteiger partial charge in [-0.05, 0) is 69.9 Å². The lowest BCUT2D eigenvalue weighted by atomic mass is 9.75. The molecule has 3 aromatic heterocycles. The van der Waals surface area contributed by atoms with Gasteiger partial charge in [-0.1, -0.05) is 12.8 Å². The summed E-state index contributed by atoms with van der Waals surface area (Å²) in [6, 6.07) is 4.74. The average molecular weight is 666 g/mol. The summed E-state index contributed by atoms with van der Waals surface area (Å²) in [7, 11) is 9.06. The lowest BCUT2D eigenvalue weighted by Gasteiger charge is -2.30. The monoisotopic (exact) mass is 665 g/mol. The molecule has 6 N–H and O–H groups in total. The third kappa shape index (κ3) is 9.58. The van der Waals surface area contributed by atoms with Crippen LogP contribution in [0, 0.1) is 11.8 Å². The lowest BCUT2D eigenvalue weighted by molar-refractivity contribution is -0.131. The van der Waals surface area contributed by atoms with Gasteiger partial charge in [-0.3, -0.25) is 29.2 Å². The highest BCUT2D eigenvalue weighted by atomic mass is 16.5. The fraction of sp³-hybridized carbons (Fsp3) is 0.485. The Morgan fingerprint density at radius 1 is 0.708 bits per heavy atom. The number of amides is 5. The summed E-state index contributed by atoms with van der Waals surface area (Å²) in [5.74, 6) is -1.69. The Bertz CT molecular complexity index is 1640. The SMILES string of the molecule is CN(C)CCCNC(=O)c1cc(NC(=O)c2cc(NC(=O)c3cc(NC(=O)CC4CCCCC4CC(=O)NO)cn3C)cn2C)cn1C. The molecule has 2 atom stereocenters. The van der Waals surface area contributed by atoms with E-state index in [1.54, 1.807) is 77.1 Å². The normalized spacial score (nSPS) is 16.0. The minimum atomic E-state index is -0.449. The second-order valence-corrected chi connectivity index (χ2v) is 12.8. The second kappa shape index (κ2) is 16.3. The van der Waals surface area contributed by atoms with Crippen molar-refractivity contribution < 1.29 is 29.2 Å². The molecule has 0 bridgehead atoms. The fourth-order valence-corrected chi connectivity index (χ4v) is 6.21. The summed E-state index contributed by atoms with van der Waals surface area (Å²) in [5.41, 5.74) is 4.01. The molecule has 1 saturated carbocycles. The average Bonchev–Trinajstić information content (AvgIpc) is 3.70. The van der Waals surface area contributed by atoms with Crippen LogP contribution < -0.4 is 26.7 Å². The van der Waals surface area contributed by atoms with Crippen molar-refractivity contribution in [2.45, 2.75) is 44.9 Å². The van der Waals surface area contributed by atoms with Crippen molar-refractivity contribution in [3.05, 3.63) is 53.9 Å². The van der Waals surface area contributed by atoms with Crippen molar-refractivity contribution in [2.75, 3.05) is 43.1 Å². The maximum Gasteiger partial charge on any atom is 0.272 e. The molecule has 1 fully saturated rings. The van der Waals surface area contributed by atoms with Crippen molar-refractivity contribution in [3.63, 3.8) is 0 Å². The van der Waals surface area contributed by atoms with E-state index in [1.165, 1.54) is 0 Å². The van der Waals surface area contributed by atoms with E-state index in [4.69, 9.17) is 5.21 Å². The van der Waals surface area contributed by atoms with Crippen molar-refractivity contribution in [3.8, 4) is 0 Å². The van der Waals surface area contributed by atoms with Gasteiger partial charge >= 0.3 is 0 Å². The fourth-order valence-electron chi connectivity index (χ4n) is 6.21. The number of aromatic nitrogens is 3. The van der Waals surface area contributed by atoms with Gasteiger partial charge in [0.15, 0.2) is 0 Å². The number of rotatable bonds is 14. The zero-order valence-electron chi connectivity index (χ0n) is 28.3. The molecule has 4 rings (SSSR count). The van der Waals surface area contributed by atoms with E-state index >= 15 is 0 Å². The summed E-state index contributed by atoms with van der Waals surface area (Å²) < 4.78 is 4.84. The summed E-state index contributed by atoms with van der Waals surface area (Å²) in [4.78, 5) is 65.6. The van der Waals surface area contributed by atoms with Crippen LogP contribution in [0.3, 0.4) is 0 Å². The summed E-state index contributed by atoms with van der Waals surface area (Å²) in [5, 5.41) is 20.3. The highest BCUT2D eigenvalue weighted by Gasteiger charge is 2.29. The molecule has 5 amide bonds. The van der Waals surface area contributed by atoms with Gasteiger partial charge in [0.2, 0.25) is 11.8 Å². The summed E-state index contributed by atoms with van der Waals surface area (Å²) in [6.45, 7) is 1.40. The minimum Gasteiger partial charge on any atom is -0.351 e. The predicted molar refractivity (Wildman–Crippen MR) is 181 cm³/mol. The predicted octanol–water partition coefficient (Wildman–Crippen LogP) is 2.92. The number of nitrogens with zero attached hydrogens (tertiary/aromatic N) is 4. The number of nitrogens with one attached hydrogen (secondary N) is 5. The Morgan fingerprint density at radius 2 is 1.15 bits per heavy atom. The number of carbonyl (C=O) groups excluding carboxylic acids is 5. The second-order valence-electron chi connectivity index (χ2n) is 12.8. The van der Waals surface area contributed by atoms with Gasteiger partial charge in [0.05, 0.1) is 17.1 Å². The first-order chi connectivity index (χ1) is 22.8. The van der Waals surface area contributed by atoms with Crippen LogP contribution in [-0.2, 0) is 30.7 Å². The van der Waals surface area contributed by atoms with Gasteiger partial charge in [-0.2, -0.15) is 0 Å². The van der Waals surface area contributed by atoms with Gasteiger partial charge in [-0.15, -0.1) is 0 Å². The van der Waals surface area contributed by atoms with E-state index in [1.807, 2.05) is 19.0 Å². The highest BCUT2D eigenvalue weighted by Crippen LogP contribution is 2.35. The zero-order chi connectivity index (χ0) is 35.0. The first-order valence-corrected chi connectivity index (χ1v) is 16.1. The Balaban J connectivity index is 1.33. The first-order valence-electron chi connectivity index (χ1n) is 16.1. The topological polar surface area (TPSA) is 184 Å². The van der Waals surface area contributed by atoms with Crippen molar-refractivity contribution in [2.24, 2.45) is 33.0 Å². The van der Waals surface area contributed by atoms with E-state index < -0.39 is 17.7 Å². The zero-order valence-corrected chi connectivity index (χ0v) is 28.3. The molecular formula is C33H47N9O6. The molecule has 0 radical (unpaired) electrons. The number of aryl methyl sites for hydroxylation is 3. The largest absolute Gasteiger partial charge is 0.351 e. The molecule has 0 aromatic carbocycles. The van der Waals surface area contributed by atoms with Gasteiger partial charge < -0.3 is 39.9 Å². The van der Waals surface area contributed by atoms with Crippen LogP contribution in [0.4, 0.5) is 17.1 Å². The van der Waals surface area contributed by atoms with Crippen LogP contribution in [0.5, 0.6) is 0 Å². The van der Waals surface area contributed by atoms with Crippen LogP contribution >= 0.6 is 0 Å². The molecule has 0 spiro atoms. The van der Waals surface area contributed by atoms with Crippen molar-refractivity contribution in [1.29, 1.82) is 0 Å². The third-order valence-corrected chi connectivity index (χ3v) is 8.67. The number of anilines is 3. The molecule has 1 aliphatic carbocycles. The molecule has 0 saturated heterocycles. The van der Waals surface area contributed by atoms with Gasteiger partial charge in [0.1, 0.15) is 17.1 Å². The molecule has 1 aliphatic rings. The Labute approximate surface area is 280 Å². The molecule has 260 valence electrons. The quantitative estimate of drug-likeness (QED) is 0.0869. The van der Waals surface area contributed by atoms with Gasteiger partial charge in [0, 0.05) is 59.1 Å². The van der Waals surface area contributed by atoms with Crippen molar-refractivity contribution >= 4 is 46.6 Å². The standard InChI is InChI=1S/C33H47N9O6/c1-39(2)12-8-11-34-31(45)26-16-24(19-40(26)3)36-33(47)28-17-25(20-42(28)5)37-32(46)27-15-23(18-41(27)4)35-29(43)13-21-9-6-7-10-22(21)14-30(44)38-48/h15-22,48H,6-14H2,1-5H3,(H,34,45)(H,35,43)(H,36,47)(H,37,46)(H,38,44). The van der Waals surface area contributed by atoms with Crippen LogP contribution in [0.1, 0.15) is 76.4 Å². The number of hydrogen-bond donors (Lipinski definition) is 6. The number of hydroxylamine groups is 1. The molecule has 0 aliphatic heterocycles. The van der Waals surface area contributed by atoms with Crippen LogP contribution in [0.2, 0.25) is 0 Å². The molecule has 15 nitrogen and oxygen atoms in total. The summed E-state index contributed by atoms with van der Waals surface area (Å²) in [6.07, 6.45) is 9.78. The number of carbonyl (C=O) groups is 5. The lowest BCUT2D eigenvalue weighted by Crippen LogP contribution is -2.30. The third-order valence-electron chi connectivity index (χ3n) is 8.67.